The smallest absolute Gasteiger partial charge is 0.166 e. The highest BCUT2D eigenvalue weighted by Gasteiger charge is 2.28. The Balaban J connectivity index is 1.55. The summed E-state index contributed by atoms with van der Waals surface area (Å²) in [6.45, 7) is 0.340. The zero-order valence-electron chi connectivity index (χ0n) is 15.9. The number of ether oxygens (including phenoxy) is 1. The van der Waals surface area contributed by atoms with E-state index in [1.165, 1.54) is 14.7 Å². The first-order chi connectivity index (χ1) is 14.6. The van der Waals surface area contributed by atoms with Crippen molar-refractivity contribution in [2.45, 2.75) is 21.3 Å². The maximum absolute atomic E-state index is 14.0. The molecule has 0 radical (unpaired) electrons. The van der Waals surface area contributed by atoms with Crippen molar-refractivity contribution in [2.75, 3.05) is 0 Å². The Morgan fingerprint density at radius 3 is 1.77 bits per heavy atom. The molecule has 30 heavy (non-hydrogen) atoms. The van der Waals surface area contributed by atoms with Gasteiger partial charge in [0.1, 0.15) is 18.2 Å². The second-order valence-corrected chi connectivity index (χ2v) is 10.8. The van der Waals surface area contributed by atoms with Gasteiger partial charge in [0, 0.05) is 3.57 Å². The first kappa shape index (κ1) is 21.6. The molecule has 0 saturated heterocycles. The molecule has 0 unspecified atom stereocenters. The van der Waals surface area contributed by atoms with E-state index in [4.69, 9.17) is 4.74 Å². The summed E-state index contributed by atoms with van der Waals surface area (Å²) >= 11 is 4.17. The molecule has 0 atom stereocenters. The summed E-state index contributed by atoms with van der Waals surface area (Å²) in [5, 5.41) is 0. The lowest BCUT2D eigenvalue weighted by Gasteiger charge is -2.10. The van der Waals surface area contributed by atoms with Gasteiger partial charge < -0.3 is 4.74 Å². The van der Waals surface area contributed by atoms with Crippen LogP contribution in [0.4, 0.5) is 4.39 Å². The SMILES string of the molecule is Fc1cc(COc2ccc([S+](c3ccccc3)c3ccccc3)cc2)cc(I)c1I. The normalized spacial score (nSPS) is 10.9. The second-order valence-electron chi connectivity index (χ2n) is 6.57. The van der Waals surface area contributed by atoms with Gasteiger partial charge in [-0.2, -0.15) is 0 Å². The lowest BCUT2D eigenvalue weighted by atomic mass is 10.2. The van der Waals surface area contributed by atoms with Crippen LogP contribution in [0.1, 0.15) is 5.56 Å². The summed E-state index contributed by atoms with van der Waals surface area (Å²) in [5.74, 6) is 0.573. The van der Waals surface area contributed by atoms with Crippen LogP contribution in [0.3, 0.4) is 0 Å². The number of hydrogen-bond acceptors (Lipinski definition) is 1. The Bertz CT molecular complexity index is 1060. The predicted octanol–water partition coefficient (Wildman–Crippen LogP) is 7.71. The Labute approximate surface area is 206 Å². The highest BCUT2D eigenvalue weighted by atomic mass is 127. The maximum Gasteiger partial charge on any atom is 0.166 e. The zero-order chi connectivity index (χ0) is 20.9. The van der Waals surface area contributed by atoms with E-state index in [0.29, 0.717) is 10.2 Å². The minimum Gasteiger partial charge on any atom is -0.489 e. The molecule has 4 rings (SSSR count). The molecule has 0 N–H and O–H groups in total. The molecule has 0 fully saturated rings. The standard InChI is InChI=1S/C25H18FI2OS/c26-23-15-18(16-24(27)25(23)28)17-29-19-11-13-22(14-12-19)30(20-7-3-1-4-8-20)21-9-5-2-6-10-21/h1-16H,17H2/q+1. The quantitative estimate of drug-likeness (QED) is 0.119. The molecule has 0 aliphatic rings. The molecule has 5 heteroatoms. The largest absolute Gasteiger partial charge is 0.489 e. The molecule has 0 spiro atoms. The van der Waals surface area contributed by atoms with E-state index in [1.54, 1.807) is 6.07 Å². The van der Waals surface area contributed by atoms with Gasteiger partial charge >= 0.3 is 0 Å². The van der Waals surface area contributed by atoms with Crippen LogP contribution in [0.2, 0.25) is 0 Å². The van der Waals surface area contributed by atoms with Crippen LogP contribution in [-0.4, -0.2) is 0 Å². The van der Waals surface area contributed by atoms with Gasteiger partial charge in [0.15, 0.2) is 14.7 Å². The lowest BCUT2D eigenvalue weighted by Crippen LogP contribution is -2.04. The fourth-order valence-electron chi connectivity index (χ4n) is 3.05. The molecule has 0 heterocycles. The molecule has 0 aromatic heterocycles. The summed E-state index contributed by atoms with van der Waals surface area (Å²) in [6, 6.07) is 32.8. The molecular formula is C25H18FI2OS+. The molecule has 0 bridgehead atoms. The summed E-state index contributed by atoms with van der Waals surface area (Å²) in [6.07, 6.45) is 0. The fourth-order valence-corrected chi connectivity index (χ4v) is 6.10. The monoisotopic (exact) mass is 639 g/mol. The topological polar surface area (TPSA) is 9.23 Å². The summed E-state index contributed by atoms with van der Waals surface area (Å²) in [7, 11) is -0.179. The average molecular weight is 639 g/mol. The molecule has 150 valence electrons. The molecule has 1 nitrogen and oxygen atoms in total. The van der Waals surface area contributed by atoms with Gasteiger partial charge in [-0.1, -0.05) is 36.4 Å². The van der Waals surface area contributed by atoms with Gasteiger partial charge in [-0.15, -0.1) is 0 Å². The van der Waals surface area contributed by atoms with Crippen LogP contribution in [0.5, 0.6) is 5.75 Å². The fraction of sp³-hybridized carbons (Fsp3) is 0.0400. The first-order valence-electron chi connectivity index (χ1n) is 9.32. The Morgan fingerprint density at radius 2 is 1.23 bits per heavy atom. The minimum atomic E-state index is -0.203. The summed E-state index contributed by atoms with van der Waals surface area (Å²) < 4.78 is 21.4. The van der Waals surface area contributed by atoms with Crippen LogP contribution < -0.4 is 4.74 Å². The molecule has 0 aliphatic carbocycles. The van der Waals surface area contributed by atoms with Crippen molar-refractivity contribution in [1.82, 2.24) is 0 Å². The van der Waals surface area contributed by atoms with Crippen molar-refractivity contribution in [2.24, 2.45) is 0 Å². The van der Waals surface area contributed by atoms with Crippen LogP contribution in [0.15, 0.2) is 112 Å². The van der Waals surface area contributed by atoms with Gasteiger partial charge in [0.25, 0.3) is 0 Å². The van der Waals surface area contributed by atoms with Crippen molar-refractivity contribution in [3.05, 3.63) is 116 Å². The van der Waals surface area contributed by atoms with Crippen molar-refractivity contribution in [1.29, 1.82) is 0 Å². The van der Waals surface area contributed by atoms with E-state index in [0.717, 1.165) is 14.9 Å². The van der Waals surface area contributed by atoms with E-state index in [-0.39, 0.29) is 16.7 Å². The Kier molecular flexibility index (Phi) is 7.32. The number of halogens is 3. The van der Waals surface area contributed by atoms with E-state index in [1.807, 2.05) is 52.9 Å². The van der Waals surface area contributed by atoms with E-state index >= 15 is 0 Å². The van der Waals surface area contributed by atoms with Gasteiger partial charge in [-0.25, -0.2) is 4.39 Å². The van der Waals surface area contributed by atoms with E-state index in [2.05, 4.69) is 83.3 Å². The van der Waals surface area contributed by atoms with Crippen LogP contribution in [-0.2, 0) is 17.5 Å². The van der Waals surface area contributed by atoms with Gasteiger partial charge in [-0.3, -0.25) is 0 Å². The Hall–Kier alpha value is -1.58. The molecule has 4 aromatic carbocycles. The van der Waals surface area contributed by atoms with Crippen molar-refractivity contribution in [3.63, 3.8) is 0 Å². The van der Waals surface area contributed by atoms with Crippen LogP contribution >= 0.6 is 45.2 Å². The van der Waals surface area contributed by atoms with Gasteiger partial charge in [0.2, 0.25) is 0 Å². The summed E-state index contributed by atoms with van der Waals surface area (Å²) in [5.41, 5.74) is 0.828. The molecule has 4 aromatic rings. The van der Waals surface area contributed by atoms with Gasteiger partial charge in [0.05, 0.1) is 14.5 Å². The van der Waals surface area contributed by atoms with Crippen molar-refractivity contribution in [3.8, 4) is 5.75 Å². The van der Waals surface area contributed by atoms with E-state index in [9.17, 15) is 4.39 Å². The predicted molar refractivity (Wildman–Crippen MR) is 138 cm³/mol. The molecule has 0 amide bonds. The van der Waals surface area contributed by atoms with Crippen molar-refractivity contribution < 1.29 is 9.13 Å². The lowest BCUT2D eigenvalue weighted by molar-refractivity contribution is 0.305. The first-order valence-corrected chi connectivity index (χ1v) is 12.7. The third kappa shape index (κ3) is 5.18. The highest BCUT2D eigenvalue weighted by Crippen LogP contribution is 2.32. The second kappa shape index (κ2) is 10.2. The molecule has 0 aliphatic heterocycles. The van der Waals surface area contributed by atoms with Gasteiger partial charge in [-0.05, 0) is 111 Å². The third-order valence-electron chi connectivity index (χ3n) is 4.47. The summed E-state index contributed by atoms with van der Waals surface area (Å²) in [4.78, 5) is 3.79. The Morgan fingerprint density at radius 1 is 0.700 bits per heavy atom. The van der Waals surface area contributed by atoms with E-state index < -0.39 is 0 Å². The number of hydrogen-bond donors (Lipinski definition) is 0. The molecular weight excluding hydrogens is 621 g/mol. The zero-order valence-corrected chi connectivity index (χ0v) is 21.0. The highest BCUT2D eigenvalue weighted by molar-refractivity contribution is 14.1. The van der Waals surface area contributed by atoms with Crippen molar-refractivity contribution >= 4 is 56.1 Å². The minimum absolute atomic E-state index is 0.179. The average Bonchev–Trinajstić information content (AvgIpc) is 2.78. The molecule has 0 saturated carbocycles. The van der Waals surface area contributed by atoms with Crippen LogP contribution in [0.25, 0.3) is 0 Å². The number of benzene rings is 4. The number of rotatable bonds is 6. The third-order valence-corrected chi connectivity index (χ3v) is 9.68. The van der Waals surface area contributed by atoms with Crippen LogP contribution in [0, 0.1) is 13.0 Å². The maximum atomic E-state index is 14.0.